The highest BCUT2D eigenvalue weighted by Gasteiger charge is 2.13. The van der Waals surface area contributed by atoms with E-state index >= 15 is 0 Å². The molecule has 0 aliphatic rings. The minimum Gasteiger partial charge on any atom is -0.489 e. The van der Waals surface area contributed by atoms with Crippen molar-refractivity contribution in [2.45, 2.75) is 19.3 Å². The molecule has 0 fully saturated rings. The zero-order chi connectivity index (χ0) is 18.9. The van der Waals surface area contributed by atoms with Crippen LogP contribution in [0.25, 0.3) is 0 Å². The smallest absolute Gasteiger partial charge is 0.123 e. The molecule has 0 bridgehead atoms. The van der Waals surface area contributed by atoms with Crippen LogP contribution >= 0.6 is 15.9 Å². The molecule has 0 unspecified atom stereocenters. The highest BCUT2D eigenvalue weighted by molar-refractivity contribution is 9.09. The van der Waals surface area contributed by atoms with Gasteiger partial charge in [-0.05, 0) is 28.8 Å². The van der Waals surface area contributed by atoms with Gasteiger partial charge >= 0.3 is 0 Å². The Morgan fingerprint density at radius 1 is 0.741 bits per heavy atom. The van der Waals surface area contributed by atoms with Gasteiger partial charge in [0.15, 0.2) is 0 Å². The van der Waals surface area contributed by atoms with Crippen LogP contribution in [0.15, 0.2) is 78.9 Å². The van der Waals surface area contributed by atoms with Gasteiger partial charge in [0.25, 0.3) is 0 Å². The quantitative estimate of drug-likeness (QED) is 0.397. The van der Waals surface area contributed by atoms with E-state index in [1.54, 1.807) is 7.11 Å². The summed E-state index contributed by atoms with van der Waals surface area (Å²) in [7, 11) is 1.70. The van der Waals surface area contributed by atoms with Gasteiger partial charge in [-0.2, -0.15) is 0 Å². The van der Waals surface area contributed by atoms with Crippen LogP contribution in [0.1, 0.15) is 22.8 Å². The van der Waals surface area contributed by atoms with Gasteiger partial charge in [0.2, 0.25) is 0 Å². The maximum Gasteiger partial charge on any atom is 0.123 e. The molecular formula is C23H23BrO3. The first-order valence-electron chi connectivity index (χ1n) is 8.85. The number of methoxy groups -OCH3 is 1. The summed E-state index contributed by atoms with van der Waals surface area (Å²) in [6.45, 7) is 1.02. The normalized spacial score (nSPS) is 11.8. The van der Waals surface area contributed by atoms with Gasteiger partial charge in [-0.15, -0.1) is 0 Å². The minimum atomic E-state index is -0.0654. The summed E-state index contributed by atoms with van der Waals surface area (Å²) in [4.78, 5) is 0. The molecule has 3 aromatic carbocycles. The minimum absolute atomic E-state index is 0.0654. The number of alkyl halides is 1. The van der Waals surface area contributed by atoms with Crippen molar-refractivity contribution in [1.82, 2.24) is 0 Å². The second-order valence-electron chi connectivity index (χ2n) is 6.16. The van der Waals surface area contributed by atoms with E-state index in [-0.39, 0.29) is 6.10 Å². The van der Waals surface area contributed by atoms with E-state index in [9.17, 15) is 0 Å². The molecule has 3 aromatic rings. The summed E-state index contributed by atoms with van der Waals surface area (Å²) in [6.07, 6.45) is -0.0654. The van der Waals surface area contributed by atoms with E-state index in [2.05, 4.69) is 15.9 Å². The third kappa shape index (κ3) is 5.84. The summed E-state index contributed by atoms with van der Waals surface area (Å²) in [5, 5.41) is 0.698. The molecule has 0 amide bonds. The fourth-order valence-electron chi connectivity index (χ4n) is 2.72. The monoisotopic (exact) mass is 426 g/mol. The molecule has 0 N–H and O–H groups in total. The molecule has 4 heteroatoms. The second-order valence-corrected chi connectivity index (χ2v) is 6.81. The Balaban J connectivity index is 1.77. The Hall–Kier alpha value is -2.30. The summed E-state index contributed by atoms with van der Waals surface area (Å²) >= 11 is 3.51. The highest BCUT2D eigenvalue weighted by Crippen LogP contribution is 2.30. The molecule has 0 aromatic heterocycles. The van der Waals surface area contributed by atoms with E-state index in [1.165, 1.54) is 0 Å². The standard InChI is InChI=1S/C23H23BrO3/c1-25-23(15-24)20-12-21(26-16-18-8-4-2-5-9-18)14-22(13-20)27-17-19-10-6-3-7-11-19/h2-14,23H,15-17H2,1H3/t23-/m0/s1. The lowest BCUT2D eigenvalue weighted by Crippen LogP contribution is -2.05. The average Bonchev–Trinajstić information content (AvgIpc) is 2.73. The van der Waals surface area contributed by atoms with Crippen molar-refractivity contribution >= 4 is 15.9 Å². The first kappa shape index (κ1) is 19.5. The maximum atomic E-state index is 6.01. The Morgan fingerprint density at radius 2 is 1.22 bits per heavy atom. The summed E-state index contributed by atoms with van der Waals surface area (Å²) < 4.78 is 17.6. The molecule has 0 saturated heterocycles. The fraction of sp³-hybridized carbons (Fsp3) is 0.217. The van der Waals surface area contributed by atoms with Crippen molar-refractivity contribution in [2.75, 3.05) is 12.4 Å². The van der Waals surface area contributed by atoms with Crippen molar-refractivity contribution < 1.29 is 14.2 Å². The van der Waals surface area contributed by atoms with Crippen LogP contribution in [-0.4, -0.2) is 12.4 Å². The van der Waals surface area contributed by atoms with E-state index in [0.29, 0.717) is 18.5 Å². The van der Waals surface area contributed by atoms with Gasteiger partial charge in [-0.1, -0.05) is 76.6 Å². The molecule has 0 heterocycles. The molecule has 0 aliphatic heterocycles. The topological polar surface area (TPSA) is 27.7 Å². The highest BCUT2D eigenvalue weighted by atomic mass is 79.9. The van der Waals surface area contributed by atoms with Crippen molar-refractivity contribution in [3.05, 3.63) is 95.6 Å². The lowest BCUT2D eigenvalue weighted by Gasteiger charge is -2.17. The molecule has 1 atom stereocenters. The third-order valence-corrected chi connectivity index (χ3v) is 4.78. The van der Waals surface area contributed by atoms with Crippen molar-refractivity contribution in [3.63, 3.8) is 0 Å². The summed E-state index contributed by atoms with van der Waals surface area (Å²) in [6, 6.07) is 26.2. The number of hydrogen-bond donors (Lipinski definition) is 0. The number of hydrogen-bond acceptors (Lipinski definition) is 3. The predicted octanol–water partition coefficient (Wildman–Crippen LogP) is 5.93. The Morgan fingerprint density at radius 3 is 1.63 bits per heavy atom. The van der Waals surface area contributed by atoms with E-state index in [4.69, 9.17) is 14.2 Å². The third-order valence-electron chi connectivity index (χ3n) is 4.20. The van der Waals surface area contributed by atoms with Crippen LogP contribution in [0.5, 0.6) is 11.5 Å². The van der Waals surface area contributed by atoms with Crippen LogP contribution in [-0.2, 0) is 18.0 Å². The number of rotatable bonds is 9. The van der Waals surface area contributed by atoms with Gasteiger partial charge in [-0.25, -0.2) is 0 Å². The summed E-state index contributed by atoms with van der Waals surface area (Å²) in [5.41, 5.74) is 3.26. The van der Waals surface area contributed by atoms with E-state index in [1.807, 2.05) is 78.9 Å². The second kappa shape index (κ2) is 10.1. The predicted molar refractivity (Wildman–Crippen MR) is 112 cm³/mol. The fourth-order valence-corrected chi connectivity index (χ4v) is 3.35. The van der Waals surface area contributed by atoms with Crippen LogP contribution in [0.4, 0.5) is 0 Å². The zero-order valence-electron chi connectivity index (χ0n) is 15.3. The molecule has 3 rings (SSSR count). The SMILES string of the molecule is CO[C@@H](CBr)c1cc(OCc2ccccc2)cc(OCc2ccccc2)c1. The molecule has 0 aliphatic carbocycles. The summed E-state index contributed by atoms with van der Waals surface area (Å²) in [5.74, 6) is 1.53. The average molecular weight is 427 g/mol. The molecule has 140 valence electrons. The molecule has 0 saturated carbocycles. The van der Waals surface area contributed by atoms with Crippen LogP contribution in [0.3, 0.4) is 0 Å². The lowest BCUT2D eigenvalue weighted by atomic mass is 10.1. The van der Waals surface area contributed by atoms with Crippen LogP contribution in [0, 0.1) is 0 Å². The van der Waals surface area contributed by atoms with Gasteiger partial charge in [0, 0.05) is 18.5 Å². The first-order valence-corrected chi connectivity index (χ1v) is 9.98. The molecular weight excluding hydrogens is 404 g/mol. The van der Waals surface area contributed by atoms with Gasteiger partial charge in [0.05, 0.1) is 6.10 Å². The lowest BCUT2D eigenvalue weighted by molar-refractivity contribution is 0.123. The molecule has 27 heavy (non-hydrogen) atoms. The van der Waals surface area contributed by atoms with Crippen molar-refractivity contribution in [2.24, 2.45) is 0 Å². The Kier molecular flexibility index (Phi) is 7.31. The molecule has 3 nitrogen and oxygen atoms in total. The largest absolute Gasteiger partial charge is 0.489 e. The number of ether oxygens (including phenoxy) is 3. The first-order chi connectivity index (χ1) is 13.3. The zero-order valence-corrected chi connectivity index (χ0v) is 16.9. The molecule has 0 radical (unpaired) electrons. The van der Waals surface area contributed by atoms with Crippen molar-refractivity contribution in [3.8, 4) is 11.5 Å². The van der Waals surface area contributed by atoms with Crippen LogP contribution < -0.4 is 9.47 Å². The van der Waals surface area contributed by atoms with E-state index < -0.39 is 0 Å². The number of benzene rings is 3. The van der Waals surface area contributed by atoms with Gasteiger partial charge in [-0.3, -0.25) is 0 Å². The van der Waals surface area contributed by atoms with Gasteiger partial charge in [0.1, 0.15) is 24.7 Å². The van der Waals surface area contributed by atoms with Gasteiger partial charge < -0.3 is 14.2 Å². The Bertz CT molecular complexity index is 756. The van der Waals surface area contributed by atoms with Crippen LogP contribution in [0.2, 0.25) is 0 Å². The Labute approximate surface area is 169 Å². The van der Waals surface area contributed by atoms with E-state index in [0.717, 1.165) is 28.2 Å². The maximum absolute atomic E-state index is 6.01. The molecule has 0 spiro atoms. The number of halogens is 1. The van der Waals surface area contributed by atoms with Crippen molar-refractivity contribution in [1.29, 1.82) is 0 Å².